The monoisotopic (exact) mass is 268 g/mol. The molecule has 0 aliphatic heterocycles. The first kappa shape index (κ1) is 14.7. The summed E-state index contributed by atoms with van der Waals surface area (Å²) in [7, 11) is -1.35. The second kappa shape index (κ2) is 6.54. The largest absolute Gasteiger partial charge is 0.399 e. The van der Waals surface area contributed by atoms with Gasteiger partial charge in [0.15, 0.2) is 0 Å². The molecule has 5 heteroatoms. The van der Waals surface area contributed by atoms with Crippen LogP contribution in [0.2, 0.25) is 0 Å². The van der Waals surface area contributed by atoms with Gasteiger partial charge in [-0.2, -0.15) is 0 Å². The quantitative estimate of drug-likeness (QED) is 0.797. The van der Waals surface area contributed by atoms with Crippen molar-refractivity contribution in [3.8, 4) is 0 Å². The lowest BCUT2D eigenvalue weighted by molar-refractivity contribution is -0.119. The van der Waals surface area contributed by atoms with Crippen LogP contribution in [0.15, 0.2) is 23.1 Å². The molecule has 0 aliphatic carbocycles. The van der Waals surface area contributed by atoms with E-state index in [2.05, 4.69) is 5.32 Å². The van der Waals surface area contributed by atoms with Crippen molar-refractivity contribution in [1.29, 1.82) is 0 Å². The van der Waals surface area contributed by atoms with Crippen LogP contribution in [-0.2, 0) is 15.6 Å². The zero-order chi connectivity index (χ0) is 13.7. The van der Waals surface area contributed by atoms with E-state index in [-0.39, 0.29) is 17.7 Å². The van der Waals surface area contributed by atoms with Gasteiger partial charge >= 0.3 is 0 Å². The Morgan fingerprint density at radius 3 is 2.78 bits per heavy atom. The summed E-state index contributed by atoms with van der Waals surface area (Å²) in [5.74, 6) is -0.209. The Kier molecular flexibility index (Phi) is 5.34. The number of carbonyl (C=O) groups excluding carboxylic acids is 1. The van der Waals surface area contributed by atoms with Crippen molar-refractivity contribution in [2.75, 3.05) is 11.5 Å². The zero-order valence-electron chi connectivity index (χ0n) is 11.0. The molecule has 0 heterocycles. The standard InChI is InChI=1S/C13H20N2O2S/c1-4-10(3)15-13(16)8-18(17)12-7-11(14)6-5-9(12)2/h5-7,10H,4,8,14H2,1-3H3,(H,15,16). The van der Waals surface area contributed by atoms with Gasteiger partial charge in [0, 0.05) is 16.6 Å². The van der Waals surface area contributed by atoms with Gasteiger partial charge in [-0.25, -0.2) is 0 Å². The lowest BCUT2D eigenvalue weighted by Crippen LogP contribution is -2.35. The van der Waals surface area contributed by atoms with Crippen molar-refractivity contribution in [3.05, 3.63) is 23.8 Å². The molecule has 0 bridgehead atoms. The maximum atomic E-state index is 12.1. The first-order chi connectivity index (χ1) is 8.43. The number of nitrogens with two attached hydrogens (primary N) is 1. The fraction of sp³-hybridized carbons (Fsp3) is 0.462. The van der Waals surface area contributed by atoms with E-state index in [0.29, 0.717) is 10.6 Å². The van der Waals surface area contributed by atoms with Crippen LogP contribution < -0.4 is 11.1 Å². The molecule has 0 aromatic heterocycles. The molecule has 2 unspecified atom stereocenters. The lowest BCUT2D eigenvalue weighted by atomic mass is 10.2. The minimum Gasteiger partial charge on any atom is -0.399 e. The number of amides is 1. The van der Waals surface area contributed by atoms with Gasteiger partial charge < -0.3 is 11.1 Å². The van der Waals surface area contributed by atoms with Gasteiger partial charge in [0.25, 0.3) is 0 Å². The van der Waals surface area contributed by atoms with E-state index in [4.69, 9.17) is 5.73 Å². The van der Waals surface area contributed by atoms with E-state index in [1.54, 1.807) is 12.1 Å². The van der Waals surface area contributed by atoms with Gasteiger partial charge in [-0.15, -0.1) is 0 Å². The summed E-state index contributed by atoms with van der Waals surface area (Å²) in [5.41, 5.74) is 7.11. The smallest absolute Gasteiger partial charge is 0.233 e. The van der Waals surface area contributed by atoms with Gasteiger partial charge in [0.2, 0.25) is 5.91 Å². The molecule has 18 heavy (non-hydrogen) atoms. The van der Waals surface area contributed by atoms with Crippen LogP contribution in [0.5, 0.6) is 0 Å². The molecule has 3 N–H and O–H groups in total. The van der Waals surface area contributed by atoms with E-state index in [1.165, 1.54) is 0 Å². The summed E-state index contributed by atoms with van der Waals surface area (Å²) in [5, 5.41) is 2.80. The lowest BCUT2D eigenvalue weighted by Gasteiger charge is -2.12. The number of hydrogen-bond donors (Lipinski definition) is 2. The van der Waals surface area contributed by atoms with E-state index in [9.17, 15) is 9.00 Å². The number of hydrogen-bond acceptors (Lipinski definition) is 3. The van der Waals surface area contributed by atoms with Crippen LogP contribution in [0.4, 0.5) is 5.69 Å². The first-order valence-electron chi connectivity index (χ1n) is 5.98. The van der Waals surface area contributed by atoms with Crippen molar-refractivity contribution in [2.45, 2.75) is 38.1 Å². The Balaban J connectivity index is 2.71. The fourth-order valence-electron chi connectivity index (χ4n) is 1.48. The van der Waals surface area contributed by atoms with Crippen molar-refractivity contribution < 1.29 is 9.00 Å². The molecular formula is C13H20N2O2S. The molecule has 0 saturated carbocycles. The van der Waals surface area contributed by atoms with Crippen molar-refractivity contribution in [3.63, 3.8) is 0 Å². The summed E-state index contributed by atoms with van der Waals surface area (Å²) < 4.78 is 12.1. The van der Waals surface area contributed by atoms with Crippen molar-refractivity contribution in [2.24, 2.45) is 0 Å². The predicted octanol–water partition coefficient (Wildman–Crippen LogP) is 1.60. The zero-order valence-corrected chi connectivity index (χ0v) is 11.8. The fourth-order valence-corrected chi connectivity index (χ4v) is 2.65. The Morgan fingerprint density at radius 1 is 1.50 bits per heavy atom. The van der Waals surface area contributed by atoms with E-state index < -0.39 is 10.8 Å². The van der Waals surface area contributed by atoms with Crippen LogP contribution in [0.1, 0.15) is 25.8 Å². The highest BCUT2D eigenvalue weighted by molar-refractivity contribution is 7.85. The second-order valence-electron chi connectivity index (χ2n) is 4.39. The number of nitrogen functional groups attached to an aromatic ring is 1. The van der Waals surface area contributed by atoms with Gasteiger partial charge in [0.05, 0.1) is 10.8 Å². The summed E-state index contributed by atoms with van der Waals surface area (Å²) >= 11 is 0. The maximum absolute atomic E-state index is 12.1. The molecule has 0 spiro atoms. The summed E-state index contributed by atoms with van der Waals surface area (Å²) in [6, 6.07) is 5.35. The summed E-state index contributed by atoms with van der Waals surface area (Å²) in [4.78, 5) is 12.3. The number of rotatable bonds is 5. The number of anilines is 1. The van der Waals surface area contributed by atoms with Crippen LogP contribution >= 0.6 is 0 Å². The molecule has 2 atom stereocenters. The highest BCUT2D eigenvalue weighted by Gasteiger charge is 2.13. The van der Waals surface area contributed by atoms with Gasteiger partial charge in [0.1, 0.15) is 5.75 Å². The Labute approximate surface area is 110 Å². The van der Waals surface area contributed by atoms with E-state index in [0.717, 1.165) is 12.0 Å². The third kappa shape index (κ3) is 4.14. The molecule has 0 aliphatic rings. The maximum Gasteiger partial charge on any atom is 0.233 e. The first-order valence-corrected chi connectivity index (χ1v) is 7.29. The third-order valence-electron chi connectivity index (χ3n) is 2.74. The summed E-state index contributed by atoms with van der Waals surface area (Å²) in [6.45, 7) is 5.77. The highest BCUT2D eigenvalue weighted by Crippen LogP contribution is 2.16. The summed E-state index contributed by atoms with van der Waals surface area (Å²) in [6.07, 6.45) is 0.857. The number of carbonyl (C=O) groups is 1. The molecule has 1 aromatic rings. The molecule has 0 radical (unpaired) electrons. The van der Waals surface area contributed by atoms with Crippen molar-refractivity contribution >= 4 is 22.4 Å². The number of benzene rings is 1. The van der Waals surface area contributed by atoms with Gasteiger partial charge in [-0.05, 0) is 38.0 Å². The van der Waals surface area contributed by atoms with Crippen LogP contribution in [0.25, 0.3) is 0 Å². The van der Waals surface area contributed by atoms with Gasteiger partial charge in [-0.1, -0.05) is 13.0 Å². The predicted molar refractivity (Wildman–Crippen MR) is 74.8 cm³/mol. The van der Waals surface area contributed by atoms with Gasteiger partial charge in [-0.3, -0.25) is 9.00 Å². The third-order valence-corrected chi connectivity index (χ3v) is 4.19. The highest BCUT2D eigenvalue weighted by atomic mass is 32.2. The molecule has 0 saturated heterocycles. The van der Waals surface area contributed by atoms with E-state index in [1.807, 2.05) is 26.8 Å². The molecule has 1 rings (SSSR count). The van der Waals surface area contributed by atoms with E-state index >= 15 is 0 Å². The minimum atomic E-state index is -1.35. The molecular weight excluding hydrogens is 248 g/mol. The number of nitrogens with one attached hydrogen (secondary N) is 1. The molecule has 4 nitrogen and oxygen atoms in total. The van der Waals surface area contributed by atoms with Crippen LogP contribution in [0.3, 0.4) is 0 Å². The van der Waals surface area contributed by atoms with Crippen LogP contribution in [-0.4, -0.2) is 21.9 Å². The minimum absolute atomic E-state index is 0.0192. The average Bonchev–Trinajstić information content (AvgIpc) is 2.31. The normalized spacial score (nSPS) is 13.9. The van der Waals surface area contributed by atoms with Crippen LogP contribution in [0, 0.1) is 6.92 Å². The topological polar surface area (TPSA) is 72.2 Å². The second-order valence-corrected chi connectivity index (χ2v) is 5.81. The Hall–Kier alpha value is -1.36. The molecule has 0 fully saturated rings. The molecule has 1 amide bonds. The van der Waals surface area contributed by atoms with Crippen molar-refractivity contribution in [1.82, 2.24) is 5.32 Å². The SMILES string of the molecule is CCC(C)NC(=O)CS(=O)c1cc(N)ccc1C. The Morgan fingerprint density at radius 2 is 2.17 bits per heavy atom. The Bertz CT molecular complexity index is 460. The number of aryl methyl sites for hydroxylation is 1. The average molecular weight is 268 g/mol. The molecule has 100 valence electrons. The molecule has 1 aromatic carbocycles.